The van der Waals surface area contributed by atoms with E-state index in [1.807, 2.05) is 17.4 Å². The summed E-state index contributed by atoms with van der Waals surface area (Å²) in [7, 11) is 0. The Balaban J connectivity index is 0.000000845. The van der Waals surface area contributed by atoms with Crippen LogP contribution >= 0.6 is 22.7 Å². The van der Waals surface area contributed by atoms with E-state index < -0.39 is 0 Å². The van der Waals surface area contributed by atoms with Gasteiger partial charge in [0.15, 0.2) is 0 Å². The molecule has 1 radical (unpaired) electrons. The van der Waals surface area contributed by atoms with Crippen LogP contribution in [-0.2, 0) is 32.7 Å². The SMILES string of the molecule is Cc1cc(C)c(-c2cc[c-]s2)s1.[Y]. The average Bonchev–Trinajstić information content (AvgIpc) is 2.58. The first-order valence-electron chi connectivity index (χ1n) is 3.80. The van der Waals surface area contributed by atoms with Gasteiger partial charge in [-0.1, -0.05) is 0 Å². The van der Waals surface area contributed by atoms with Crippen molar-refractivity contribution in [2.75, 3.05) is 0 Å². The first-order chi connectivity index (χ1) is 5.77. The third-order valence-electron chi connectivity index (χ3n) is 1.74. The van der Waals surface area contributed by atoms with Crippen molar-refractivity contribution in [1.82, 2.24) is 0 Å². The summed E-state index contributed by atoms with van der Waals surface area (Å²) in [5, 5.41) is 3.11. The molecule has 13 heavy (non-hydrogen) atoms. The third kappa shape index (κ3) is 2.50. The van der Waals surface area contributed by atoms with Crippen LogP contribution in [0.1, 0.15) is 10.4 Å². The van der Waals surface area contributed by atoms with E-state index in [0.29, 0.717) is 0 Å². The molecular weight excluding hydrogens is 273 g/mol. The largest absolute Gasteiger partial charge is 0.295 e. The summed E-state index contributed by atoms with van der Waals surface area (Å²) >= 11 is 3.55. The van der Waals surface area contributed by atoms with Gasteiger partial charge in [0.2, 0.25) is 0 Å². The molecule has 0 bridgehead atoms. The van der Waals surface area contributed by atoms with Crippen molar-refractivity contribution in [3.8, 4) is 9.75 Å². The molecule has 2 rings (SSSR count). The quantitative estimate of drug-likeness (QED) is 0.696. The van der Waals surface area contributed by atoms with Gasteiger partial charge in [-0.2, -0.15) is 23.5 Å². The second kappa shape index (κ2) is 4.83. The summed E-state index contributed by atoms with van der Waals surface area (Å²) in [6.45, 7) is 4.32. The van der Waals surface area contributed by atoms with Crippen LogP contribution in [0.5, 0.6) is 0 Å². The molecule has 0 saturated heterocycles. The Hall–Kier alpha value is 0.504. The van der Waals surface area contributed by atoms with Gasteiger partial charge in [-0.25, -0.2) is 0 Å². The number of hydrogen-bond donors (Lipinski definition) is 0. The molecular formula is C10H9S2Y-. The first-order valence-corrected chi connectivity index (χ1v) is 5.44. The maximum atomic E-state index is 3.11. The zero-order chi connectivity index (χ0) is 8.55. The van der Waals surface area contributed by atoms with Crippen LogP contribution < -0.4 is 0 Å². The van der Waals surface area contributed by atoms with Crippen molar-refractivity contribution < 1.29 is 32.7 Å². The van der Waals surface area contributed by atoms with Crippen molar-refractivity contribution in [3.63, 3.8) is 0 Å². The smallest absolute Gasteiger partial charge is 0.00120 e. The molecule has 0 aliphatic rings. The summed E-state index contributed by atoms with van der Waals surface area (Å²) in [6, 6.07) is 6.34. The van der Waals surface area contributed by atoms with Gasteiger partial charge in [-0.3, -0.25) is 11.3 Å². The topological polar surface area (TPSA) is 0 Å². The molecule has 0 aliphatic heterocycles. The molecule has 3 heteroatoms. The van der Waals surface area contributed by atoms with E-state index >= 15 is 0 Å². The Morgan fingerprint density at radius 3 is 2.54 bits per heavy atom. The van der Waals surface area contributed by atoms with Gasteiger partial charge in [0, 0.05) is 37.6 Å². The van der Waals surface area contributed by atoms with E-state index in [0.717, 1.165) is 0 Å². The fraction of sp³-hybridized carbons (Fsp3) is 0.200. The minimum Gasteiger partial charge on any atom is -0.295 e. The van der Waals surface area contributed by atoms with Gasteiger partial charge in [-0.15, -0.1) is 10.3 Å². The van der Waals surface area contributed by atoms with Gasteiger partial charge in [0.1, 0.15) is 0 Å². The molecule has 0 spiro atoms. The maximum absolute atomic E-state index is 3.11. The van der Waals surface area contributed by atoms with Crippen LogP contribution in [-0.4, -0.2) is 0 Å². The van der Waals surface area contributed by atoms with Crippen LogP contribution in [0.15, 0.2) is 18.2 Å². The molecule has 0 aromatic carbocycles. The normalized spacial score (nSPS) is 9.69. The minimum atomic E-state index is 0. The predicted molar refractivity (Wildman–Crippen MR) is 55.9 cm³/mol. The van der Waals surface area contributed by atoms with E-state index in [-0.39, 0.29) is 32.7 Å². The van der Waals surface area contributed by atoms with Crippen molar-refractivity contribution in [3.05, 3.63) is 34.0 Å². The predicted octanol–water partition coefficient (Wildman–Crippen LogP) is 3.89. The maximum Gasteiger partial charge on any atom is 0.00120 e. The third-order valence-corrected chi connectivity index (χ3v) is 3.87. The standard InChI is InChI=1S/C10H9S2.Y/c1-7-6-8(2)12-10(7)9-4-3-5-11-9;/h3-4,6H,1-2H3;/q-1;. The van der Waals surface area contributed by atoms with E-state index in [4.69, 9.17) is 0 Å². The molecule has 0 aliphatic carbocycles. The van der Waals surface area contributed by atoms with Gasteiger partial charge in [-0.05, 0) is 30.4 Å². The van der Waals surface area contributed by atoms with Crippen molar-refractivity contribution in [1.29, 1.82) is 0 Å². The van der Waals surface area contributed by atoms with Crippen LogP contribution in [0.25, 0.3) is 9.75 Å². The number of thiophene rings is 2. The molecule has 0 saturated carbocycles. The zero-order valence-electron chi connectivity index (χ0n) is 7.63. The number of aryl methyl sites for hydroxylation is 2. The van der Waals surface area contributed by atoms with Crippen molar-refractivity contribution in [2.24, 2.45) is 0 Å². The molecule has 0 atom stereocenters. The summed E-state index contributed by atoms with van der Waals surface area (Å²) in [5.41, 5.74) is 1.38. The first kappa shape index (κ1) is 11.6. The van der Waals surface area contributed by atoms with Crippen LogP contribution in [0.4, 0.5) is 0 Å². The Morgan fingerprint density at radius 1 is 1.31 bits per heavy atom. The van der Waals surface area contributed by atoms with E-state index in [2.05, 4.69) is 31.4 Å². The summed E-state index contributed by atoms with van der Waals surface area (Å²) in [5.74, 6) is 0. The molecule has 65 valence electrons. The van der Waals surface area contributed by atoms with Crippen molar-refractivity contribution >= 4 is 22.7 Å². The van der Waals surface area contributed by atoms with Gasteiger partial charge >= 0.3 is 0 Å². The monoisotopic (exact) mass is 282 g/mol. The fourth-order valence-electron chi connectivity index (χ4n) is 1.25. The van der Waals surface area contributed by atoms with Gasteiger partial charge in [0.05, 0.1) is 0 Å². The Labute approximate surface area is 112 Å². The molecule has 2 aromatic heterocycles. The van der Waals surface area contributed by atoms with E-state index in [1.165, 1.54) is 20.2 Å². The Morgan fingerprint density at radius 2 is 2.08 bits per heavy atom. The zero-order valence-corrected chi connectivity index (χ0v) is 12.1. The molecule has 0 fully saturated rings. The van der Waals surface area contributed by atoms with Crippen molar-refractivity contribution in [2.45, 2.75) is 13.8 Å². The molecule has 0 N–H and O–H groups in total. The van der Waals surface area contributed by atoms with E-state index in [9.17, 15) is 0 Å². The fourth-order valence-corrected chi connectivity index (χ4v) is 3.10. The second-order valence-corrected chi connectivity index (χ2v) is 4.92. The van der Waals surface area contributed by atoms with Gasteiger partial charge in [0.25, 0.3) is 0 Å². The average molecular weight is 282 g/mol. The summed E-state index contributed by atoms with van der Waals surface area (Å²) in [4.78, 5) is 4.13. The number of rotatable bonds is 1. The van der Waals surface area contributed by atoms with Crippen LogP contribution in [0, 0.1) is 19.2 Å². The molecule has 2 heterocycles. The number of hydrogen-bond acceptors (Lipinski definition) is 2. The Bertz CT molecular complexity index is 374. The van der Waals surface area contributed by atoms with E-state index in [1.54, 1.807) is 11.3 Å². The molecule has 2 aromatic rings. The molecule has 0 nitrogen and oxygen atoms in total. The summed E-state index contributed by atoms with van der Waals surface area (Å²) < 4.78 is 0. The van der Waals surface area contributed by atoms with Crippen LogP contribution in [0.3, 0.4) is 0 Å². The molecule has 0 amide bonds. The molecule has 0 unspecified atom stereocenters. The van der Waals surface area contributed by atoms with Crippen LogP contribution in [0.2, 0.25) is 0 Å². The minimum absolute atomic E-state index is 0. The second-order valence-electron chi connectivity index (χ2n) is 2.79. The summed E-state index contributed by atoms with van der Waals surface area (Å²) in [6.07, 6.45) is 0. The Kier molecular flexibility index (Phi) is 4.30. The van der Waals surface area contributed by atoms with Gasteiger partial charge < -0.3 is 0 Å².